The molecule has 1 fully saturated rings. The number of hydrogen-bond donors (Lipinski definition) is 1. The Balaban J connectivity index is 1.38. The van der Waals surface area contributed by atoms with Crippen LogP contribution in [0.2, 0.25) is 0 Å². The molecule has 1 aliphatic heterocycles. The van der Waals surface area contributed by atoms with Crippen LogP contribution in [0.4, 0.5) is 5.13 Å². The molecule has 0 unspecified atom stereocenters. The summed E-state index contributed by atoms with van der Waals surface area (Å²) in [5, 5.41) is 5.19. The molecule has 4 rings (SSSR count). The molecule has 1 aliphatic rings. The van der Waals surface area contributed by atoms with E-state index in [4.69, 9.17) is 14.2 Å². The minimum absolute atomic E-state index is 0.0550. The Labute approximate surface area is 206 Å². The molecule has 10 heteroatoms. The number of nitrogens with zero attached hydrogens (tertiary/aromatic N) is 2. The topological polar surface area (TPSA) is 90.0 Å². The Kier molecular flexibility index (Phi) is 7.91. The van der Waals surface area contributed by atoms with Crippen LogP contribution in [0, 0.1) is 0 Å². The first-order chi connectivity index (χ1) is 16.6. The van der Waals surface area contributed by atoms with Crippen LogP contribution in [-0.2, 0) is 4.79 Å². The van der Waals surface area contributed by atoms with Gasteiger partial charge in [-0.05, 0) is 42.5 Å². The van der Waals surface area contributed by atoms with Crippen molar-refractivity contribution >= 4 is 40.0 Å². The lowest BCUT2D eigenvalue weighted by atomic mass is 10.2. The van der Waals surface area contributed by atoms with E-state index in [2.05, 4.69) is 10.3 Å². The maximum Gasteiger partial charge on any atom is 0.260 e. The highest BCUT2D eigenvalue weighted by Crippen LogP contribution is 2.30. The number of carbonyl (C=O) groups is 2. The highest BCUT2D eigenvalue weighted by molar-refractivity contribution is 7.99. The lowest BCUT2D eigenvalue weighted by Gasteiger charge is -2.26. The number of amides is 2. The first kappa shape index (κ1) is 23.9. The monoisotopic (exact) mass is 499 g/mol. The summed E-state index contributed by atoms with van der Waals surface area (Å²) in [4.78, 5) is 31.4. The Morgan fingerprint density at radius 3 is 2.50 bits per heavy atom. The minimum Gasteiger partial charge on any atom is -0.497 e. The number of thioether (sulfide) groups is 1. The number of methoxy groups -OCH3 is 2. The van der Waals surface area contributed by atoms with Crippen LogP contribution in [0.25, 0.3) is 11.3 Å². The van der Waals surface area contributed by atoms with Gasteiger partial charge in [-0.25, -0.2) is 4.98 Å². The first-order valence-electron chi connectivity index (χ1n) is 10.6. The second-order valence-electron chi connectivity index (χ2n) is 7.37. The molecule has 8 nitrogen and oxygen atoms in total. The highest BCUT2D eigenvalue weighted by atomic mass is 32.2. The Morgan fingerprint density at radius 2 is 1.79 bits per heavy atom. The number of thiazole rings is 1. The SMILES string of the molecule is COc1ccc(-c2csc(NC(=O)c3ccc(OCC(=O)N4CCSCC4)c(OC)c3)n2)cc1. The maximum absolute atomic E-state index is 12.8. The fraction of sp³-hybridized carbons (Fsp3) is 0.292. The normalized spacial score (nSPS) is 13.3. The van der Waals surface area contributed by atoms with Gasteiger partial charge in [0.1, 0.15) is 5.75 Å². The number of rotatable bonds is 8. The molecular weight excluding hydrogens is 474 g/mol. The van der Waals surface area contributed by atoms with E-state index < -0.39 is 0 Å². The third-order valence-electron chi connectivity index (χ3n) is 5.25. The van der Waals surface area contributed by atoms with Gasteiger partial charge in [-0.15, -0.1) is 11.3 Å². The summed E-state index contributed by atoms with van der Waals surface area (Å²) in [6.45, 7) is 1.40. The average Bonchev–Trinajstić information content (AvgIpc) is 3.36. The molecule has 0 radical (unpaired) electrons. The van der Waals surface area contributed by atoms with Crippen molar-refractivity contribution in [3.63, 3.8) is 0 Å². The van der Waals surface area contributed by atoms with Crippen molar-refractivity contribution in [2.75, 3.05) is 50.7 Å². The number of ether oxygens (including phenoxy) is 3. The minimum atomic E-state index is -0.317. The van der Waals surface area contributed by atoms with Gasteiger partial charge in [0.2, 0.25) is 0 Å². The summed E-state index contributed by atoms with van der Waals surface area (Å²) in [5.41, 5.74) is 2.09. The van der Waals surface area contributed by atoms with Crippen LogP contribution in [0.5, 0.6) is 17.2 Å². The third-order valence-corrected chi connectivity index (χ3v) is 6.95. The molecular formula is C24H25N3O5S2. The molecule has 2 aromatic carbocycles. The average molecular weight is 500 g/mol. The molecule has 178 valence electrons. The highest BCUT2D eigenvalue weighted by Gasteiger charge is 2.19. The lowest BCUT2D eigenvalue weighted by molar-refractivity contribution is -0.133. The molecule has 2 amide bonds. The fourth-order valence-electron chi connectivity index (χ4n) is 3.37. The molecule has 0 atom stereocenters. The van der Waals surface area contributed by atoms with Gasteiger partial charge in [-0.2, -0.15) is 11.8 Å². The van der Waals surface area contributed by atoms with Crippen LogP contribution >= 0.6 is 23.1 Å². The number of hydrogen-bond acceptors (Lipinski definition) is 8. The van der Waals surface area contributed by atoms with Crippen molar-refractivity contribution in [1.82, 2.24) is 9.88 Å². The lowest BCUT2D eigenvalue weighted by Crippen LogP contribution is -2.40. The second kappa shape index (κ2) is 11.3. The summed E-state index contributed by atoms with van der Waals surface area (Å²) < 4.78 is 16.3. The Morgan fingerprint density at radius 1 is 1.03 bits per heavy atom. The molecule has 0 saturated carbocycles. The third kappa shape index (κ3) is 5.81. The number of carbonyl (C=O) groups excluding carboxylic acids is 2. The summed E-state index contributed by atoms with van der Waals surface area (Å²) in [7, 11) is 3.11. The molecule has 2 heterocycles. The molecule has 0 bridgehead atoms. The molecule has 0 spiro atoms. The summed E-state index contributed by atoms with van der Waals surface area (Å²) in [6, 6.07) is 12.4. The summed E-state index contributed by atoms with van der Waals surface area (Å²) in [5.74, 6) is 3.08. The van der Waals surface area contributed by atoms with Crippen molar-refractivity contribution < 1.29 is 23.8 Å². The van der Waals surface area contributed by atoms with Gasteiger partial charge in [-0.1, -0.05) is 0 Å². The van der Waals surface area contributed by atoms with Gasteiger partial charge in [0.25, 0.3) is 11.8 Å². The number of benzene rings is 2. The largest absolute Gasteiger partial charge is 0.497 e. The second-order valence-corrected chi connectivity index (χ2v) is 9.45. The summed E-state index contributed by atoms with van der Waals surface area (Å²) >= 11 is 3.18. The van der Waals surface area contributed by atoms with E-state index in [1.165, 1.54) is 18.4 Å². The van der Waals surface area contributed by atoms with Crippen molar-refractivity contribution in [2.45, 2.75) is 0 Å². The smallest absolute Gasteiger partial charge is 0.260 e. The van der Waals surface area contributed by atoms with E-state index in [1.54, 1.807) is 30.2 Å². The van der Waals surface area contributed by atoms with Gasteiger partial charge in [0, 0.05) is 41.1 Å². The van der Waals surface area contributed by atoms with Crippen LogP contribution in [0.3, 0.4) is 0 Å². The van der Waals surface area contributed by atoms with Crippen LogP contribution < -0.4 is 19.5 Å². The molecule has 1 aromatic heterocycles. The van der Waals surface area contributed by atoms with Gasteiger partial charge in [0.05, 0.1) is 19.9 Å². The van der Waals surface area contributed by atoms with E-state index >= 15 is 0 Å². The molecule has 1 N–H and O–H groups in total. The van der Waals surface area contributed by atoms with Gasteiger partial charge >= 0.3 is 0 Å². The number of aromatic nitrogens is 1. The van der Waals surface area contributed by atoms with E-state index in [0.29, 0.717) is 22.2 Å². The predicted molar refractivity (Wildman–Crippen MR) is 134 cm³/mol. The number of nitrogens with one attached hydrogen (secondary N) is 1. The van der Waals surface area contributed by atoms with E-state index in [1.807, 2.05) is 41.4 Å². The van der Waals surface area contributed by atoms with E-state index in [-0.39, 0.29) is 18.4 Å². The van der Waals surface area contributed by atoms with Gasteiger partial charge < -0.3 is 19.1 Å². The zero-order valence-corrected chi connectivity index (χ0v) is 20.5. The standard InChI is InChI=1S/C24H25N3O5S2/c1-30-18-6-3-16(4-7-18)19-15-34-24(25-19)26-23(29)17-5-8-20(21(13-17)31-2)32-14-22(28)27-9-11-33-12-10-27/h3-8,13,15H,9-12,14H2,1-2H3,(H,25,26,29). The van der Waals surface area contributed by atoms with Crippen molar-refractivity contribution in [3.8, 4) is 28.5 Å². The Bertz CT molecular complexity index is 1140. The zero-order chi connectivity index (χ0) is 23.9. The molecule has 3 aromatic rings. The van der Waals surface area contributed by atoms with Crippen molar-refractivity contribution in [2.24, 2.45) is 0 Å². The molecule has 34 heavy (non-hydrogen) atoms. The maximum atomic E-state index is 12.8. The quantitative estimate of drug-likeness (QED) is 0.500. The zero-order valence-electron chi connectivity index (χ0n) is 18.9. The van der Waals surface area contributed by atoms with Gasteiger partial charge in [-0.3, -0.25) is 14.9 Å². The predicted octanol–water partition coefficient (Wildman–Crippen LogP) is 4.03. The van der Waals surface area contributed by atoms with Crippen molar-refractivity contribution in [1.29, 1.82) is 0 Å². The van der Waals surface area contributed by atoms with Crippen LogP contribution in [-0.4, -0.2) is 67.1 Å². The van der Waals surface area contributed by atoms with Crippen LogP contribution in [0.15, 0.2) is 47.8 Å². The molecule has 1 saturated heterocycles. The van der Waals surface area contributed by atoms with Crippen LogP contribution in [0.1, 0.15) is 10.4 Å². The van der Waals surface area contributed by atoms with Crippen molar-refractivity contribution in [3.05, 3.63) is 53.4 Å². The summed E-state index contributed by atoms with van der Waals surface area (Å²) in [6.07, 6.45) is 0. The fourth-order valence-corrected chi connectivity index (χ4v) is 4.98. The molecule has 0 aliphatic carbocycles. The Hall–Kier alpha value is -3.24. The van der Waals surface area contributed by atoms with Gasteiger partial charge in [0.15, 0.2) is 23.2 Å². The number of anilines is 1. The first-order valence-corrected chi connectivity index (χ1v) is 12.7. The van der Waals surface area contributed by atoms with E-state index in [9.17, 15) is 9.59 Å². The van der Waals surface area contributed by atoms with E-state index in [0.717, 1.165) is 41.6 Å².